The second-order valence-electron chi connectivity index (χ2n) is 6.36. The Balaban J connectivity index is 1.74. The van der Waals surface area contributed by atoms with Gasteiger partial charge in [-0.3, -0.25) is 9.89 Å². The first-order valence-electron chi connectivity index (χ1n) is 8.25. The third kappa shape index (κ3) is 2.28. The molecule has 4 aromatic rings. The van der Waals surface area contributed by atoms with Gasteiger partial charge in [0.05, 0.1) is 17.4 Å². The van der Waals surface area contributed by atoms with E-state index in [4.69, 9.17) is 0 Å². The van der Waals surface area contributed by atoms with Crippen LogP contribution in [0.2, 0.25) is 0 Å². The van der Waals surface area contributed by atoms with Gasteiger partial charge in [0, 0.05) is 35.8 Å². The fourth-order valence-electron chi connectivity index (χ4n) is 3.60. The predicted octanol–water partition coefficient (Wildman–Crippen LogP) is 3.36. The Bertz CT molecular complexity index is 1130. The van der Waals surface area contributed by atoms with Gasteiger partial charge in [-0.1, -0.05) is 0 Å². The monoisotopic (exact) mass is 347 g/mol. The maximum Gasteiger partial charge on any atom is 0.225 e. The van der Waals surface area contributed by atoms with Crippen LogP contribution in [0.1, 0.15) is 23.5 Å². The number of H-pyrrole nitrogens is 1. The topological polar surface area (TPSA) is 75.6 Å². The number of halogens is 1. The normalized spacial score (nSPS) is 16.5. The molecule has 1 amide bonds. The van der Waals surface area contributed by atoms with Crippen molar-refractivity contribution in [2.75, 3.05) is 5.32 Å². The molecule has 1 atom stereocenters. The quantitative estimate of drug-likeness (QED) is 0.584. The number of nitrogens with zero attached hydrogens (tertiary/aromatic N) is 3. The molecule has 6 nitrogen and oxygen atoms in total. The largest absolute Gasteiger partial charge is 0.326 e. The summed E-state index contributed by atoms with van der Waals surface area (Å²) < 4.78 is 15.8. The third-order valence-electron chi connectivity index (χ3n) is 4.77. The molecule has 2 aromatic heterocycles. The van der Waals surface area contributed by atoms with Crippen LogP contribution in [0, 0.1) is 5.82 Å². The van der Waals surface area contributed by atoms with Crippen molar-refractivity contribution in [1.29, 1.82) is 0 Å². The Morgan fingerprint density at radius 2 is 2.12 bits per heavy atom. The van der Waals surface area contributed by atoms with E-state index in [1.807, 2.05) is 18.2 Å². The molecular weight excluding hydrogens is 333 g/mol. The summed E-state index contributed by atoms with van der Waals surface area (Å²) in [5.74, 6) is -0.710. The zero-order valence-corrected chi connectivity index (χ0v) is 13.6. The van der Waals surface area contributed by atoms with Crippen LogP contribution in [0.15, 0.2) is 55.0 Å². The third-order valence-corrected chi connectivity index (χ3v) is 4.77. The average molecular weight is 347 g/mol. The first-order valence-corrected chi connectivity index (χ1v) is 8.25. The smallest absolute Gasteiger partial charge is 0.225 e. The number of amides is 1. The molecule has 2 N–H and O–H groups in total. The number of rotatable bonds is 2. The minimum Gasteiger partial charge on any atom is -0.326 e. The highest BCUT2D eigenvalue weighted by Crippen LogP contribution is 2.41. The number of hydrogen-bond donors (Lipinski definition) is 2. The number of aromatic amines is 1. The lowest BCUT2D eigenvalue weighted by Gasteiger charge is -2.27. The van der Waals surface area contributed by atoms with Gasteiger partial charge in [-0.05, 0) is 47.5 Å². The standard InChI is InChI=1S/C19H14FN5O/c20-12-2-3-18(25-5-1-4-22-25)15(7-12)13-8-19(26)23-17-9-16-11(6-14(13)17)10-21-24-16/h1-7,9-10,13H,8H2,(H,21,24)(H,23,26)/t13-/m1/s1. The molecule has 0 radical (unpaired) electrons. The van der Waals surface area contributed by atoms with E-state index in [2.05, 4.69) is 20.6 Å². The van der Waals surface area contributed by atoms with Crippen molar-refractivity contribution in [3.05, 3.63) is 71.9 Å². The van der Waals surface area contributed by atoms with Gasteiger partial charge in [0.1, 0.15) is 5.82 Å². The van der Waals surface area contributed by atoms with Gasteiger partial charge in [-0.2, -0.15) is 10.2 Å². The van der Waals surface area contributed by atoms with E-state index in [0.717, 1.165) is 33.4 Å². The van der Waals surface area contributed by atoms with Crippen LogP contribution in [0.3, 0.4) is 0 Å². The van der Waals surface area contributed by atoms with Gasteiger partial charge >= 0.3 is 0 Å². The molecule has 128 valence electrons. The van der Waals surface area contributed by atoms with Gasteiger partial charge < -0.3 is 5.32 Å². The average Bonchev–Trinajstić information content (AvgIpc) is 3.30. The fraction of sp³-hybridized carbons (Fsp3) is 0.105. The van der Waals surface area contributed by atoms with Crippen molar-refractivity contribution in [2.24, 2.45) is 0 Å². The SMILES string of the molecule is O=C1C[C@@H](c2cc(F)ccc2-n2cccn2)c2cc3cn[nH]c3cc2N1. The number of carbonyl (C=O) groups excluding carboxylic acids is 1. The molecule has 3 heterocycles. The van der Waals surface area contributed by atoms with Crippen LogP contribution in [0.5, 0.6) is 0 Å². The van der Waals surface area contributed by atoms with Gasteiger partial charge in [0.15, 0.2) is 0 Å². The summed E-state index contributed by atoms with van der Waals surface area (Å²) in [5, 5.41) is 15.1. The molecule has 0 spiro atoms. The lowest BCUT2D eigenvalue weighted by molar-refractivity contribution is -0.116. The van der Waals surface area contributed by atoms with E-state index in [-0.39, 0.29) is 24.1 Å². The second kappa shape index (κ2) is 5.52. The summed E-state index contributed by atoms with van der Waals surface area (Å²) >= 11 is 0. The summed E-state index contributed by atoms with van der Waals surface area (Å²) in [7, 11) is 0. The van der Waals surface area contributed by atoms with Gasteiger partial charge in [0.2, 0.25) is 5.91 Å². The van der Waals surface area contributed by atoms with Crippen LogP contribution < -0.4 is 5.32 Å². The summed E-state index contributed by atoms with van der Waals surface area (Å²) in [6, 6.07) is 10.3. The Morgan fingerprint density at radius 1 is 1.19 bits per heavy atom. The van der Waals surface area contributed by atoms with E-state index >= 15 is 0 Å². The molecule has 26 heavy (non-hydrogen) atoms. The molecule has 7 heteroatoms. The van der Waals surface area contributed by atoms with E-state index < -0.39 is 0 Å². The summed E-state index contributed by atoms with van der Waals surface area (Å²) in [6.45, 7) is 0. The number of carbonyl (C=O) groups is 1. The predicted molar refractivity (Wildman–Crippen MR) is 94.7 cm³/mol. The fourth-order valence-corrected chi connectivity index (χ4v) is 3.60. The lowest BCUT2D eigenvalue weighted by Crippen LogP contribution is -2.24. The zero-order valence-electron chi connectivity index (χ0n) is 13.6. The Kier molecular flexibility index (Phi) is 3.15. The minimum absolute atomic E-state index is 0.1000. The summed E-state index contributed by atoms with van der Waals surface area (Å²) in [4.78, 5) is 12.3. The van der Waals surface area contributed by atoms with Gasteiger partial charge in [0.25, 0.3) is 0 Å². The zero-order chi connectivity index (χ0) is 17.7. The maximum atomic E-state index is 14.1. The Morgan fingerprint density at radius 3 is 2.96 bits per heavy atom. The van der Waals surface area contributed by atoms with Gasteiger partial charge in [-0.15, -0.1) is 0 Å². The lowest BCUT2D eigenvalue weighted by atomic mass is 9.83. The van der Waals surface area contributed by atoms with Gasteiger partial charge in [-0.25, -0.2) is 9.07 Å². The highest BCUT2D eigenvalue weighted by molar-refractivity contribution is 5.98. The molecule has 5 rings (SSSR count). The molecule has 0 saturated carbocycles. The first kappa shape index (κ1) is 14.8. The van der Waals surface area contributed by atoms with Crippen LogP contribution in [-0.2, 0) is 4.79 Å². The number of benzene rings is 2. The number of fused-ring (bicyclic) bond motifs is 2. The Hall–Kier alpha value is -3.48. The first-order chi connectivity index (χ1) is 12.7. The van der Waals surface area contributed by atoms with Crippen LogP contribution >= 0.6 is 0 Å². The van der Waals surface area contributed by atoms with Crippen LogP contribution in [0.25, 0.3) is 16.6 Å². The van der Waals surface area contributed by atoms with E-state index in [1.54, 1.807) is 29.3 Å². The highest BCUT2D eigenvalue weighted by atomic mass is 19.1. The number of hydrogen-bond acceptors (Lipinski definition) is 3. The molecule has 1 aliphatic rings. The Labute approximate surface area is 147 Å². The summed E-state index contributed by atoms with van der Waals surface area (Å²) in [6.07, 6.45) is 5.46. The molecule has 2 aromatic carbocycles. The van der Waals surface area contributed by atoms with E-state index in [9.17, 15) is 9.18 Å². The number of anilines is 1. The molecule has 1 aliphatic heterocycles. The van der Waals surface area contributed by atoms with Crippen molar-refractivity contribution in [3.63, 3.8) is 0 Å². The molecule has 0 aliphatic carbocycles. The minimum atomic E-state index is -0.340. The van der Waals surface area contributed by atoms with E-state index in [0.29, 0.717) is 0 Å². The maximum absolute atomic E-state index is 14.1. The highest BCUT2D eigenvalue weighted by Gasteiger charge is 2.29. The summed E-state index contributed by atoms with van der Waals surface area (Å²) in [5.41, 5.74) is 3.99. The molecule has 0 bridgehead atoms. The molecule has 0 unspecified atom stereocenters. The van der Waals surface area contributed by atoms with Crippen molar-refractivity contribution in [2.45, 2.75) is 12.3 Å². The van der Waals surface area contributed by atoms with E-state index in [1.165, 1.54) is 12.1 Å². The number of nitrogens with one attached hydrogen (secondary N) is 2. The second-order valence-corrected chi connectivity index (χ2v) is 6.36. The van der Waals surface area contributed by atoms with Crippen LogP contribution in [0.4, 0.5) is 10.1 Å². The van der Waals surface area contributed by atoms with Crippen molar-refractivity contribution >= 4 is 22.5 Å². The van der Waals surface area contributed by atoms with Crippen molar-refractivity contribution < 1.29 is 9.18 Å². The van der Waals surface area contributed by atoms with Crippen molar-refractivity contribution in [1.82, 2.24) is 20.0 Å². The van der Waals surface area contributed by atoms with Crippen molar-refractivity contribution in [3.8, 4) is 5.69 Å². The molecule has 0 fully saturated rings. The number of aromatic nitrogens is 4. The molecular formula is C19H14FN5O. The van der Waals surface area contributed by atoms with Crippen LogP contribution in [-0.4, -0.2) is 25.9 Å². The molecule has 0 saturated heterocycles.